The molecule has 142 valence electrons. The van der Waals surface area contributed by atoms with Gasteiger partial charge >= 0.3 is 5.97 Å². The Labute approximate surface area is 155 Å². The van der Waals surface area contributed by atoms with Crippen molar-refractivity contribution in [3.8, 4) is 0 Å². The first-order valence-corrected chi connectivity index (χ1v) is 9.49. The van der Waals surface area contributed by atoms with Crippen molar-refractivity contribution in [1.82, 2.24) is 0 Å². The van der Waals surface area contributed by atoms with Crippen LogP contribution in [0.15, 0.2) is 30.3 Å². The van der Waals surface area contributed by atoms with E-state index in [-0.39, 0.29) is 24.6 Å². The second kappa shape index (κ2) is 8.31. The molecule has 3 rings (SSSR count). The fourth-order valence-corrected chi connectivity index (χ4v) is 3.75. The van der Waals surface area contributed by atoms with E-state index in [0.717, 1.165) is 24.8 Å². The molecule has 0 radical (unpaired) electrons. The maximum Gasteiger partial charge on any atom is 0.311 e. The Kier molecular flexibility index (Phi) is 6.09. The summed E-state index contributed by atoms with van der Waals surface area (Å²) >= 11 is 0. The van der Waals surface area contributed by atoms with Gasteiger partial charge in [-0.25, -0.2) is 0 Å². The third kappa shape index (κ3) is 4.33. The number of hydrogen-bond acceptors (Lipinski definition) is 5. The highest BCUT2D eigenvalue weighted by Gasteiger charge is 2.50. The molecule has 2 aliphatic rings. The molecular weight excluding hydrogens is 332 g/mol. The summed E-state index contributed by atoms with van der Waals surface area (Å²) in [6.45, 7) is 4.62. The van der Waals surface area contributed by atoms with Gasteiger partial charge in [0.25, 0.3) is 0 Å². The van der Waals surface area contributed by atoms with Gasteiger partial charge in [0.1, 0.15) is 12.4 Å². The van der Waals surface area contributed by atoms with Gasteiger partial charge in [-0.1, -0.05) is 44.2 Å². The molecular formula is C21H28O5. The van der Waals surface area contributed by atoms with Crippen LogP contribution in [-0.4, -0.2) is 30.8 Å². The van der Waals surface area contributed by atoms with Crippen LogP contribution in [0.2, 0.25) is 0 Å². The summed E-state index contributed by atoms with van der Waals surface area (Å²) < 4.78 is 17.4. The van der Waals surface area contributed by atoms with Crippen LogP contribution in [0.3, 0.4) is 0 Å². The van der Waals surface area contributed by atoms with Crippen LogP contribution in [0.1, 0.15) is 51.5 Å². The van der Waals surface area contributed by atoms with E-state index in [0.29, 0.717) is 19.4 Å². The molecule has 26 heavy (non-hydrogen) atoms. The summed E-state index contributed by atoms with van der Waals surface area (Å²) in [5, 5.41) is 0. The predicted molar refractivity (Wildman–Crippen MR) is 96.2 cm³/mol. The first-order chi connectivity index (χ1) is 12.5. The monoisotopic (exact) mass is 360 g/mol. The molecule has 5 nitrogen and oxygen atoms in total. The van der Waals surface area contributed by atoms with Gasteiger partial charge in [-0.3, -0.25) is 9.59 Å². The highest BCUT2D eigenvalue weighted by Crippen LogP contribution is 2.40. The lowest BCUT2D eigenvalue weighted by Gasteiger charge is -2.43. The molecule has 1 aliphatic heterocycles. The summed E-state index contributed by atoms with van der Waals surface area (Å²) in [4.78, 5) is 25.2. The van der Waals surface area contributed by atoms with Gasteiger partial charge in [-0.05, 0) is 31.2 Å². The molecule has 0 N–H and O–H groups in total. The van der Waals surface area contributed by atoms with Crippen molar-refractivity contribution >= 4 is 11.8 Å². The van der Waals surface area contributed by atoms with Crippen LogP contribution in [-0.2, 0) is 30.4 Å². The summed E-state index contributed by atoms with van der Waals surface area (Å²) in [5.41, 5.74) is 0.218. The van der Waals surface area contributed by atoms with E-state index < -0.39 is 17.4 Å². The Morgan fingerprint density at radius 1 is 1.19 bits per heavy atom. The SMILES string of the molecule is CC1(C)C(=O)CC[C@H](C(=O)OCc2ccccc2)[C@@H]1OC1CCCCO1. The number of esters is 1. The Bertz CT molecular complexity index is 619. The minimum absolute atomic E-state index is 0.130. The van der Waals surface area contributed by atoms with Crippen molar-refractivity contribution in [1.29, 1.82) is 0 Å². The Morgan fingerprint density at radius 2 is 1.96 bits per heavy atom. The Morgan fingerprint density at radius 3 is 2.65 bits per heavy atom. The number of carbonyl (C=O) groups is 2. The lowest BCUT2D eigenvalue weighted by Crippen LogP contribution is -2.52. The fourth-order valence-electron chi connectivity index (χ4n) is 3.75. The maximum absolute atomic E-state index is 12.8. The summed E-state index contributed by atoms with van der Waals surface area (Å²) in [5.74, 6) is -0.613. The van der Waals surface area contributed by atoms with Crippen LogP contribution in [0.5, 0.6) is 0 Å². The van der Waals surface area contributed by atoms with E-state index in [1.54, 1.807) is 0 Å². The standard InChI is InChI=1S/C21H28O5/c1-21(2)17(22)12-11-16(19(21)26-18-10-6-7-13-24-18)20(23)25-14-15-8-4-3-5-9-15/h3-5,8-9,16,18-19H,6-7,10-14H2,1-2H3/t16-,18?,19-/m0/s1. The van der Waals surface area contributed by atoms with E-state index in [1.807, 2.05) is 44.2 Å². The first-order valence-electron chi connectivity index (χ1n) is 9.49. The van der Waals surface area contributed by atoms with Crippen LogP contribution in [0.4, 0.5) is 0 Å². The van der Waals surface area contributed by atoms with Gasteiger partial charge in [0.05, 0.1) is 17.4 Å². The van der Waals surface area contributed by atoms with Gasteiger partial charge < -0.3 is 14.2 Å². The van der Waals surface area contributed by atoms with E-state index in [4.69, 9.17) is 14.2 Å². The average Bonchev–Trinajstić information content (AvgIpc) is 2.66. The quantitative estimate of drug-likeness (QED) is 0.750. The molecule has 1 saturated heterocycles. The molecule has 5 heteroatoms. The van der Waals surface area contributed by atoms with Crippen molar-refractivity contribution in [2.75, 3.05) is 6.61 Å². The topological polar surface area (TPSA) is 61.8 Å². The molecule has 1 aliphatic carbocycles. The number of Topliss-reactive ketones (excluding diaryl/α,β-unsaturated/α-hetero) is 1. The van der Waals surface area contributed by atoms with Gasteiger partial charge in [-0.2, -0.15) is 0 Å². The molecule has 1 saturated carbocycles. The molecule has 0 bridgehead atoms. The normalized spacial score (nSPS) is 28.5. The molecule has 0 amide bonds. The molecule has 2 fully saturated rings. The average molecular weight is 360 g/mol. The molecule has 0 spiro atoms. The minimum Gasteiger partial charge on any atom is -0.461 e. The second-order valence-corrected chi connectivity index (χ2v) is 7.74. The summed E-state index contributed by atoms with van der Waals surface area (Å²) in [6.07, 6.45) is 2.84. The van der Waals surface area contributed by atoms with Crippen molar-refractivity contribution in [2.45, 2.75) is 65.0 Å². The fraction of sp³-hybridized carbons (Fsp3) is 0.619. The zero-order valence-corrected chi connectivity index (χ0v) is 15.6. The van der Waals surface area contributed by atoms with E-state index in [1.165, 1.54) is 0 Å². The maximum atomic E-state index is 12.8. The number of ketones is 1. The van der Waals surface area contributed by atoms with E-state index >= 15 is 0 Å². The van der Waals surface area contributed by atoms with Gasteiger partial charge in [-0.15, -0.1) is 0 Å². The van der Waals surface area contributed by atoms with Crippen molar-refractivity contribution in [2.24, 2.45) is 11.3 Å². The first kappa shape index (κ1) is 19.1. The second-order valence-electron chi connectivity index (χ2n) is 7.74. The molecule has 1 aromatic carbocycles. The Hall–Kier alpha value is -1.72. The third-order valence-electron chi connectivity index (χ3n) is 5.44. The van der Waals surface area contributed by atoms with Crippen LogP contribution >= 0.6 is 0 Å². The molecule has 3 atom stereocenters. The smallest absolute Gasteiger partial charge is 0.311 e. The zero-order chi connectivity index (χ0) is 18.6. The van der Waals surface area contributed by atoms with E-state index in [9.17, 15) is 9.59 Å². The third-order valence-corrected chi connectivity index (χ3v) is 5.44. The number of benzene rings is 1. The van der Waals surface area contributed by atoms with Gasteiger partial charge in [0.2, 0.25) is 0 Å². The van der Waals surface area contributed by atoms with Gasteiger partial charge in [0, 0.05) is 13.0 Å². The predicted octanol–water partition coefficient (Wildman–Crippen LogP) is 3.65. The molecule has 1 unspecified atom stereocenters. The number of hydrogen-bond donors (Lipinski definition) is 0. The Balaban J connectivity index is 1.69. The number of carbonyl (C=O) groups excluding carboxylic acids is 2. The lowest BCUT2D eigenvalue weighted by atomic mass is 9.68. The molecule has 0 aromatic heterocycles. The van der Waals surface area contributed by atoms with Crippen molar-refractivity contribution in [3.63, 3.8) is 0 Å². The summed E-state index contributed by atoms with van der Waals surface area (Å²) in [7, 11) is 0. The van der Waals surface area contributed by atoms with Crippen LogP contribution in [0.25, 0.3) is 0 Å². The largest absolute Gasteiger partial charge is 0.461 e. The summed E-state index contributed by atoms with van der Waals surface area (Å²) in [6, 6.07) is 9.60. The molecule has 1 heterocycles. The van der Waals surface area contributed by atoms with Crippen LogP contribution < -0.4 is 0 Å². The number of rotatable bonds is 5. The van der Waals surface area contributed by atoms with Crippen LogP contribution in [0, 0.1) is 11.3 Å². The van der Waals surface area contributed by atoms with Gasteiger partial charge in [0.15, 0.2) is 6.29 Å². The highest BCUT2D eigenvalue weighted by molar-refractivity contribution is 5.88. The van der Waals surface area contributed by atoms with Crippen molar-refractivity contribution in [3.05, 3.63) is 35.9 Å². The van der Waals surface area contributed by atoms with E-state index in [2.05, 4.69) is 0 Å². The zero-order valence-electron chi connectivity index (χ0n) is 15.6. The minimum atomic E-state index is -0.727. The highest BCUT2D eigenvalue weighted by atomic mass is 16.7. The molecule has 1 aromatic rings. The van der Waals surface area contributed by atoms with Crippen molar-refractivity contribution < 1.29 is 23.8 Å². The number of ether oxygens (including phenoxy) is 3. The lowest BCUT2D eigenvalue weighted by molar-refractivity contribution is -0.228.